The Bertz CT molecular complexity index is 873. The minimum atomic E-state index is -1.05. The Morgan fingerprint density at radius 2 is 1.46 bits per heavy atom. The van der Waals surface area contributed by atoms with E-state index in [-0.39, 0.29) is 43.7 Å². The minimum absolute atomic E-state index is 0.0310. The number of ether oxygens (including phenoxy) is 6. The molecule has 0 heterocycles. The number of hydrogen-bond donors (Lipinski definition) is 1. The van der Waals surface area contributed by atoms with Gasteiger partial charge in [-0.2, -0.15) is 0 Å². The van der Waals surface area contributed by atoms with E-state index in [4.69, 9.17) is 34.2 Å². The van der Waals surface area contributed by atoms with Crippen LogP contribution in [0.1, 0.15) is 71.8 Å². The maximum absolute atomic E-state index is 12.4. The molecule has 0 aliphatic carbocycles. The Balaban J connectivity index is 2.76. The molecule has 0 saturated carbocycles. The van der Waals surface area contributed by atoms with E-state index in [2.05, 4.69) is 0 Å². The summed E-state index contributed by atoms with van der Waals surface area (Å²) in [4.78, 5) is 48.0. The second-order valence-corrected chi connectivity index (χ2v) is 8.38. The smallest absolute Gasteiger partial charge is 0.462 e. The van der Waals surface area contributed by atoms with Crippen LogP contribution in [-0.2, 0) is 35.0 Å². The lowest BCUT2D eigenvalue weighted by Crippen LogP contribution is -2.37. The van der Waals surface area contributed by atoms with Gasteiger partial charge in [0.15, 0.2) is 11.5 Å². The summed E-state index contributed by atoms with van der Waals surface area (Å²) in [5.74, 6) is -1.20. The third-order valence-corrected chi connectivity index (χ3v) is 4.78. The van der Waals surface area contributed by atoms with Gasteiger partial charge in [0.1, 0.15) is 18.8 Å². The van der Waals surface area contributed by atoms with Crippen LogP contribution < -0.4 is 15.2 Å². The van der Waals surface area contributed by atoms with Crippen LogP contribution in [0.2, 0.25) is 0 Å². The zero-order valence-electron chi connectivity index (χ0n) is 22.1. The molecule has 0 bridgehead atoms. The zero-order chi connectivity index (χ0) is 27.6. The van der Waals surface area contributed by atoms with Crippen LogP contribution in [0.3, 0.4) is 0 Å². The first-order valence-corrected chi connectivity index (χ1v) is 12.6. The van der Waals surface area contributed by atoms with Crippen LogP contribution in [-0.4, -0.2) is 56.2 Å². The highest BCUT2D eigenvalue weighted by molar-refractivity contribution is 5.76. The van der Waals surface area contributed by atoms with E-state index in [0.29, 0.717) is 24.8 Å². The lowest BCUT2D eigenvalue weighted by Gasteiger charge is -2.17. The van der Waals surface area contributed by atoms with Gasteiger partial charge in [0.05, 0.1) is 13.2 Å². The van der Waals surface area contributed by atoms with Gasteiger partial charge in [0.25, 0.3) is 0 Å². The van der Waals surface area contributed by atoms with Gasteiger partial charge < -0.3 is 34.2 Å². The third kappa shape index (κ3) is 13.5. The molecule has 1 aromatic rings. The summed E-state index contributed by atoms with van der Waals surface area (Å²) in [6.07, 6.45) is 1.63. The summed E-state index contributed by atoms with van der Waals surface area (Å²) in [5.41, 5.74) is 6.51. The van der Waals surface area contributed by atoms with E-state index in [1.807, 2.05) is 20.8 Å². The molecule has 2 atom stereocenters. The molecule has 1 aromatic carbocycles. The second-order valence-electron chi connectivity index (χ2n) is 8.38. The van der Waals surface area contributed by atoms with Gasteiger partial charge in [-0.25, -0.2) is 9.59 Å². The van der Waals surface area contributed by atoms with Crippen molar-refractivity contribution < 1.29 is 47.6 Å². The summed E-state index contributed by atoms with van der Waals surface area (Å²) < 4.78 is 30.6. The second kappa shape index (κ2) is 18.0. The molecular weight excluding hydrogens is 486 g/mol. The Labute approximate surface area is 217 Å². The molecule has 0 saturated heterocycles. The Hall–Kier alpha value is -3.34. The van der Waals surface area contributed by atoms with Crippen LogP contribution in [0, 0.1) is 0 Å². The summed E-state index contributed by atoms with van der Waals surface area (Å²) >= 11 is 0. The number of hydrogen-bond acceptors (Lipinski definition) is 11. The van der Waals surface area contributed by atoms with E-state index in [1.54, 1.807) is 13.0 Å². The van der Waals surface area contributed by atoms with Crippen LogP contribution in [0.5, 0.6) is 11.5 Å². The fourth-order valence-corrected chi connectivity index (χ4v) is 2.91. The lowest BCUT2D eigenvalue weighted by molar-refractivity contribution is -0.159. The highest BCUT2D eigenvalue weighted by Crippen LogP contribution is 2.30. The largest absolute Gasteiger partial charge is 0.513 e. The maximum atomic E-state index is 12.4. The normalized spacial score (nSPS) is 12.1. The molecule has 0 amide bonds. The zero-order valence-corrected chi connectivity index (χ0v) is 22.1. The monoisotopic (exact) mass is 525 g/mol. The molecule has 0 spiro atoms. The SMILES string of the molecule is CCCCCC(=O)OC[C@H](C)OC(=O)[C@@H](N)Cc1ccc(OC(=O)OCCC)c(OC(=O)OCCC)c1. The molecule has 37 heavy (non-hydrogen) atoms. The molecule has 2 N–H and O–H groups in total. The summed E-state index contributed by atoms with van der Waals surface area (Å²) in [7, 11) is 0. The summed E-state index contributed by atoms with van der Waals surface area (Å²) in [6, 6.07) is 3.30. The topological polar surface area (TPSA) is 150 Å². The van der Waals surface area contributed by atoms with Crippen molar-refractivity contribution in [1.82, 2.24) is 0 Å². The summed E-state index contributed by atoms with van der Waals surface area (Å²) in [5, 5.41) is 0. The predicted octanol–water partition coefficient (Wildman–Crippen LogP) is 4.46. The van der Waals surface area contributed by atoms with Crippen LogP contribution in [0.25, 0.3) is 0 Å². The number of carbonyl (C=O) groups is 4. The molecule has 0 aliphatic heterocycles. The van der Waals surface area contributed by atoms with E-state index in [0.717, 1.165) is 19.3 Å². The van der Waals surface area contributed by atoms with Gasteiger partial charge in [0.2, 0.25) is 0 Å². The van der Waals surface area contributed by atoms with Crippen LogP contribution >= 0.6 is 0 Å². The van der Waals surface area contributed by atoms with Crippen molar-refractivity contribution in [3.8, 4) is 11.5 Å². The van der Waals surface area contributed by atoms with Gasteiger partial charge >= 0.3 is 24.2 Å². The first-order chi connectivity index (χ1) is 17.7. The molecule has 208 valence electrons. The van der Waals surface area contributed by atoms with Crippen molar-refractivity contribution in [3.63, 3.8) is 0 Å². The number of unbranched alkanes of at least 4 members (excludes halogenated alkanes) is 2. The van der Waals surface area contributed by atoms with Crippen molar-refractivity contribution in [2.75, 3.05) is 19.8 Å². The van der Waals surface area contributed by atoms with E-state index < -0.39 is 30.4 Å². The molecule has 0 aliphatic rings. The van der Waals surface area contributed by atoms with E-state index in [1.165, 1.54) is 12.1 Å². The van der Waals surface area contributed by atoms with Crippen LogP contribution in [0.15, 0.2) is 18.2 Å². The Morgan fingerprint density at radius 3 is 2.05 bits per heavy atom. The Kier molecular flexibility index (Phi) is 15.4. The average Bonchev–Trinajstić information content (AvgIpc) is 2.86. The van der Waals surface area contributed by atoms with Gasteiger partial charge in [-0.05, 0) is 50.3 Å². The molecule has 1 rings (SSSR count). The molecule has 11 nitrogen and oxygen atoms in total. The predicted molar refractivity (Wildman–Crippen MR) is 133 cm³/mol. The van der Waals surface area contributed by atoms with Crippen molar-refractivity contribution in [2.45, 2.75) is 84.8 Å². The fraction of sp³-hybridized carbons (Fsp3) is 0.615. The highest BCUT2D eigenvalue weighted by Gasteiger charge is 2.22. The number of esters is 2. The minimum Gasteiger partial charge on any atom is -0.462 e. The average molecular weight is 526 g/mol. The van der Waals surface area contributed by atoms with E-state index in [9.17, 15) is 19.2 Å². The first-order valence-electron chi connectivity index (χ1n) is 12.6. The highest BCUT2D eigenvalue weighted by atomic mass is 16.7. The molecule has 0 unspecified atom stereocenters. The number of nitrogens with two attached hydrogens (primary N) is 1. The molecule has 0 aromatic heterocycles. The van der Waals surface area contributed by atoms with Crippen molar-refractivity contribution in [2.24, 2.45) is 5.73 Å². The number of benzene rings is 1. The number of carbonyl (C=O) groups excluding carboxylic acids is 4. The van der Waals surface area contributed by atoms with Gasteiger partial charge in [-0.1, -0.05) is 39.7 Å². The van der Waals surface area contributed by atoms with Crippen molar-refractivity contribution >= 4 is 24.2 Å². The van der Waals surface area contributed by atoms with Crippen molar-refractivity contribution in [3.05, 3.63) is 23.8 Å². The maximum Gasteiger partial charge on any atom is 0.513 e. The number of rotatable bonds is 16. The third-order valence-electron chi connectivity index (χ3n) is 4.78. The van der Waals surface area contributed by atoms with Gasteiger partial charge in [0, 0.05) is 6.42 Å². The van der Waals surface area contributed by atoms with Gasteiger partial charge in [-0.15, -0.1) is 0 Å². The Morgan fingerprint density at radius 1 is 0.838 bits per heavy atom. The molecule has 0 radical (unpaired) electrons. The van der Waals surface area contributed by atoms with Gasteiger partial charge in [-0.3, -0.25) is 9.59 Å². The van der Waals surface area contributed by atoms with E-state index >= 15 is 0 Å². The molecule has 11 heteroatoms. The van der Waals surface area contributed by atoms with Crippen molar-refractivity contribution in [1.29, 1.82) is 0 Å². The fourth-order valence-electron chi connectivity index (χ4n) is 2.91. The standard InChI is InChI=1S/C26H39NO10/c1-5-8-9-10-23(28)34-17-18(4)35-24(29)20(27)15-19-11-12-21(36-25(30)32-13-6-2)22(16-19)37-26(31)33-14-7-3/h11-12,16,18,20H,5-10,13-15,17,27H2,1-4H3/t18-,20-/m0/s1. The molecule has 0 fully saturated rings. The molecular formula is C26H39NO10. The van der Waals surface area contributed by atoms with Crippen LogP contribution in [0.4, 0.5) is 9.59 Å². The summed E-state index contributed by atoms with van der Waals surface area (Å²) in [6.45, 7) is 7.54. The lowest BCUT2D eigenvalue weighted by atomic mass is 10.1. The first kappa shape index (κ1) is 31.7. The quantitative estimate of drug-likeness (QED) is 0.141.